The van der Waals surface area contributed by atoms with E-state index in [1.54, 1.807) is 6.20 Å². The smallest absolute Gasteiger partial charge is 0.548 e. The Morgan fingerprint density at radius 1 is 1.32 bits per heavy atom. The largest absolute Gasteiger partial charge is 1.00 e. The van der Waals surface area contributed by atoms with Crippen LogP contribution in [0.2, 0.25) is 0 Å². The van der Waals surface area contributed by atoms with Gasteiger partial charge < -0.3 is 14.8 Å². The van der Waals surface area contributed by atoms with Gasteiger partial charge in [-0.3, -0.25) is 9.88 Å². The molecule has 1 unspecified atom stereocenters. The Bertz CT molecular complexity index is 416. The minimum absolute atomic E-state index is 0. The van der Waals surface area contributed by atoms with Crippen molar-refractivity contribution in [2.45, 2.75) is 13.0 Å². The van der Waals surface area contributed by atoms with Crippen molar-refractivity contribution in [1.29, 1.82) is 0 Å². The molecular formula is C13H18KN3O2. The second kappa shape index (κ2) is 7.83. The topological polar surface area (TPSA) is 59.5 Å². The van der Waals surface area contributed by atoms with E-state index in [2.05, 4.69) is 9.88 Å². The Labute approximate surface area is 156 Å². The third-order valence-electron chi connectivity index (χ3n) is 3.38. The number of pyridine rings is 1. The molecular weight excluding hydrogens is 269 g/mol. The van der Waals surface area contributed by atoms with Crippen molar-refractivity contribution in [2.24, 2.45) is 0 Å². The fourth-order valence-electron chi connectivity index (χ4n) is 2.22. The van der Waals surface area contributed by atoms with E-state index in [-0.39, 0.29) is 51.4 Å². The third-order valence-corrected chi connectivity index (χ3v) is 3.38. The van der Waals surface area contributed by atoms with Gasteiger partial charge in [0.2, 0.25) is 0 Å². The summed E-state index contributed by atoms with van der Waals surface area (Å²) in [6, 6.07) is 2.97. The summed E-state index contributed by atoms with van der Waals surface area (Å²) in [6.07, 6.45) is 1.63. The summed E-state index contributed by atoms with van der Waals surface area (Å²) in [5.74, 6) is -1.05. The maximum atomic E-state index is 11.4. The fraction of sp³-hybridized carbons (Fsp3) is 0.538. The fourth-order valence-corrected chi connectivity index (χ4v) is 2.22. The molecule has 1 aromatic rings. The van der Waals surface area contributed by atoms with Crippen LogP contribution < -0.4 is 56.5 Å². The van der Waals surface area contributed by atoms with Gasteiger partial charge in [-0.25, -0.2) is 0 Å². The molecule has 1 atom stereocenters. The number of nitrogens with zero attached hydrogens (tertiary/aromatic N) is 3. The van der Waals surface area contributed by atoms with Crippen molar-refractivity contribution in [3.8, 4) is 0 Å². The Balaban J connectivity index is 0.00000180. The number of rotatable bonds is 3. The average molecular weight is 287 g/mol. The standard InChI is InChI=1S/C13H19N3O2.K/c1-10-3-4-11(9-14-10)12(13(17)18)16-7-5-15(2)6-8-16;/h3-4,9,12H,5-8H2,1-2H3,(H,17,18);/q;+1/p-1. The van der Waals surface area contributed by atoms with E-state index in [0.29, 0.717) is 5.56 Å². The predicted octanol–water partition coefficient (Wildman–Crippen LogP) is -3.57. The van der Waals surface area contributed by atoms with E-state index in [0.717, 1.165) is 31.9 Å². The van der Waals surface area contributed by atoms with Crippen LogP contribution in [-0.4, -0.2) is 54.0 Å². The number of likely N-dealkylation sites (N-methyl/N-ethyl adjacent to an activating group) is 1. The van der Waals surface area contributed by atoms with Gasteiger partial charge in [0.1, 0.15) is 0 Å². The number of aromatic nitrogens is 1. The zero-order chi connectivity index (χ0) is 13.1. The molecule has 0 aliphatic carbocycles. The summed E-state index contributed by atoms with van der Waals surface area (Å²) >= 11 is 0. The van der Waals surface area contributed by atoms with E-state index in [1.807, 2.05) is 31.0 Å². The number of piperazine rings is 1. The van der Waals surface area contributed by atoms with E-state index >= 15 is 0 Å². The number of carbonyl (C=O) groups excluding carboxylic acids is 1. The number of aryl methyl sites for hydroxylation is 1. The van der Waals surface area contributed by atoms with Crippen LogP contribution in [0.5, 0.6) is 0 Å². The summed E-state index contributed by atoms with van der Waals surface area (Å²) in [4.78, 5) is 19.7. The molecule has 1 saturated heterocycles. The van der Waals surface area contributed by atoms with Gasteiger partial charge in [0.25, 0.3) is 0 Å². The summed E-state index contributed by atoms with van der Waals surface area (Å²) < 4.78 is 0. The van der Waals surface area contributed by atoms with Crippen LogP contribution in [0.3, 0.4) is 0 Å². The molecule has 0 spiro atoms. The molecule has 0 aromatic carbocycles. The molecule has 2 heterocycles. The minimum Gasteiger partial charge on any atom is -0.548 e. The molecule has 5 nitrogen and oxygen atoms in total. The van der Waals surface area contributed by atoms with Gasteiger partial charge >= 0.3 is 51.4 Å². The van der Waals surface area contributed by atoms with Crippen molar-refractivity contribution in [3.05, 3.63) is 29.6 Å². The molecule has 98 valence electrons. The summed E-state index contributed by atoms with van der Waals surface area (Å²) in [5.41, 5.74) is 1.58. The number of carbonyl (C=O) groups is 1. The van der Waals surface area contributed by atoms with Crippen LogP contribution in [0.1, 0.15) is 17.3 Å². The third kappa shape index (κ3) is 4.59. The molecule has 0 bridgehead atoms. The molecule has 1 aliphatic heterocycles. The van der Waals surface area contributed by atoms with Crippen LogP contribution in [0, 0.1) is 6.92 Å². The number of hydrogen-bond donors (Lipinski definition) is 0. The summed E-state index contributed by atoms with van der Waals surface area (Å²) in [5, 5.41) is 11.4. The zero-order valence-corrected chi connectivity index (χ0v) is 14.9. The molecule has 6 heteroatoms. The van der Waals surface area contributed by atoms with E-state index in [1.165, 1.54) is 0 Å². The molecule has 1 aliphatic rings. The molecule has 1 aromatic heterocycles. The Kier molecular flexibility index (Phi) is 7.10. The molecule has 0 radical (unpaired) electrons. The van der Waals surface area contributed by atoms with E-state index in [4.69, 9.17) is 0 Å². The first-order valence-electron chi connectivity index (χ1n) is 6.14. The van der Waals surface area contributed by atoms with Gasteiger partial charge in [0.05, 0.1) is 12.0 Å². The predicted molar refractivity (Wildman–Crippen MR) is 65.8 cm³/mol. The Morgan fingerprint density at radius 3 is 2.42 bits per heavy atom. The maximum absolute atomic E-state index is 11.4. The number of aliphatic carboxylic acids is 1. The molecule has 0 saturated carbocycles. The number of hydrogen-bond acceptors (Lipinski definition) is 5. The normalized spacial score (nSPS) is 18.6. The number of carboxylic acid groups (broad SMARTS) is 1. The molecule has 2 rings (SSSR count). The van der Waals surface area contributed by atoms with Crippen LogP contribution in [0.4, 0.5) is 0 Å². The first-order valence-corrected chi connectivity index (χ1v) is 6.14. The minimum atomic E-state index is -1.05. The monoisotopic (exact) mass is 287 g/mol. The van der Waals surface area contributed by atoms with Gasteiger partial charge in [-0.2, -0.15) is 0 Å². The van der Waals surface area contributed by atoms with Gasteiger partial charge in [-0.1, -0.05) is 6.07 Å². The van der Waals surface area contributed by atoms with Crippen molar-refractivity contribution < 1.29 is 61.3 Å². The molecule has 19 heavy (non-hydrogen) atoms. The van der Waals surface area contributed by atoms with Gasteiger partial charge in [0.15, 0.2) is 0 Å². The van der Waals surface area contributed by atoms with Gasteiger partial charge in [-0.05, 0) is 25.6 Å². The van der Waals surface area contributed by atoms with Crippen molar-refractivity contribution in [2.75, 3.05) is 33.2 Å². The van der Waals surface area contributed by atoms with Crippen LogP contribution >= 0.6 is 0 Å². The summed E-state index contributed by atoms with van der Waals surface area (Å²) in [7, 11) is 2.04. The Hall–Kier alpha value is 0.176. The van der Waals surface area contributed by atoms with Gasteiger partial charge in [-0.15, -0.1) is 0 Å². The zero-order valence-electron chi connectivity index (χ0n) is 11.8. The van der Waals surface area contributed by atoms with Crippen LogP contribution in [0.25, 0.3) is 0 Å². The molecule has 1 fully saturated rings. The van der Waals surface area contributed by atoms with Gasteiger partial charge in [0, 0.05) is 38.1 Å². The quantitative estimate of drug-likeness (QED) is 0.539. The second-order valence-corrected chi connectivity index (χ2v) is 4.79. The second-order valence-electron chi connectivity index (χ2n) is 4.79. The van der Waals surface area contributed by atoms with Crippen molar-refractivity contribution in [1.82, 2.24) is 14.8 Å². The van der Waals surface area contributed by atoms with Crippen LogP contribution in [-0.2, 0) is 4.79 Å². The SMILES string of the molecule is Cc1ccc(C(C(=O)[O-])N2CCN(C)CC2)cn1.[K+]. The first-order chi connectivity index (χ1) is 8.58. The van der Waals surface area contributed by atoms with Crippen molar-refractivity contribution >= 4 is 5.97 Å². The van der Waals surface area contributed by atoms with Crippen molar-refractivity contribution in [3.63, 3.8) is 0 Å². The van der Waals surface area contributed by atoms with E-state index in [9.17, 15) is 9.90 Å². The first kappa shape index (κ1) is 17.2. The van der Waals surface area contributed by atoms with E-state index < -0.39 is 12.0 Å². The number of carboxylic acids is 1. The summed E-state index contributed by atoms with van der Waals surface area (Å²) in [6.45, 7) is 5.12. The maximum Gasteiger partial charge on any atom is 1.00 e. The molecule has 0 N–H and O–H groups in total. The van der Waals surface area contributed by atoms with Crippen LogP contribution in [0.15, 0.2) is 18.3 Å². The average Bonchev–Trinajstić information content (AvgIpc) is 2.34. The molecule has 0 amide bonds. The Morgan fingerprint density at radius 2 is 1.95 bits per heavy atom.